The molecular formula is C29H33F3N4O4. The molecule has 0 N–H and O–H groups in total. The molecule has 0 spiro atoms. The predicted molar refractivity (Wildman–Crippen MR) is 140 cm³/mol. The maximum Gasteiger partial charge on any atom is 0.416 e. The van der Waals surface area contributed by atoms with Gasteiger partial charge in [0.1, 0.15) is 18.8 Å². The summed E-state index contributed by atoms with van der Waals surface area (Å²) < 4.78 is 45.3. The number of rotatable bonds is 7. The molecule has 2 aromatic carbocycles. The maximum absolute atomic E-state index is 13.7. The average Bonchev–Trinajstić information content (AvgIpc) is 3.62. The quantitative estimate of drug-likeness (QED) is 0.481. The molecule has 3 heterocycles. The van der Waals surface area contributed by atoms with Gasteiger partial charge in [0.2, 0.25) is 11.8 Å². The molecular weight excluding hydrogens is 525 g/mol. The number of hydrogen-bond donors (Lipinski definition) is 0. The van der Waals surface area contributed by atoms with Crippen LogP contribution in [-0.2, 0) is 33.7 Å². The predicted octanol–water partition coefficient (Wildman–Crippen LogP) is 4.02. The van der Waals surface area contributed by atoms with Gasteiger partial charge in [0.05, 0.1) is 12.1 Å². The van der Waals surface area contributed by atoms with E-state index < -0.39 is 30.0 Å². The highest BCUT2D eigenvalue weighted by molar-refractivity contribution is 5.90. The minimum absolute atomic E-state index is 0.0385. The monoisotopic (exact) mass is 558 g/mol. The molecule has 8 nitrogen and oxygen atoms in total. The van der Waals surface area contributed by atoms with Crippen LogP contribution in [0.4, 0.5) is 18.0 Å². The number of benzene rings is 2. The van der Waals surface area contributed by atoms with Gasteiger partial charge >= 0.3 is 12.3 Å². The number of nitrogens with zero attached hydrogens (tertiary/aromatic N) is 4. The summed E-state index contributed by atoms with van der Waals surface area (Å²) in [7, 11) is 0. The highest BCUT2D eigenvalue weighted by Crippen LogP contribution is 2.32. The van der Waals surface area contributed by atoms with Gasteiger partial charge in [0.15, 0.2) is 0 Å². The van der Waals surface area contributed by atoms with Crippen LogP contribution < -0.4 is 0 Å². The molecule has 4 atom stereocenters. The summed E-state index contributed by atoms with van der Waals surface area (Å²) in [5.41, 5.74) is 0.750. The molecule has 2 unspecified atom stereocenters. The van der Waals surface area contributed by atoms with Crippen LogP contribution >= 0.6 is 0 Å². The smallest absolute Gasteiger partial charge is 0.416 e. The van der Waals surface area contributed by atoms with Crippen LogP contribution in [0.5, 0.6) is 0 Å². The molecule has 3 saturated heterocycles. The Morgan fingerprint density at radius 3 is 2.45 bits per heavy atom. The summed E-state index contributed by atoms with van der Waals surface area (Å²) in [5, 5.41) is 0. The third-order valence-electron chi connectivity index (χ3n) is 7.81. The van der Waals surface area contributed by atoms with Gasteiger partial charge in [-0.15, -0.1) is 0 Å². The van der Waals surface area contributed by atoms with Crippen molar-refractivity contribution in [2.75, 3.05) is 26.2 Å². The maximum atomic E-state index is 13.7. The van der Waals surface area contributed by atoms with Crippen molar-refractivity contribution in [3.63, 3.8) is 0 Å². The molecule has 0 aromatic heterocycles. The average molecular weight is 559 g/mol. The van der Waals surface area contributed by atoms with Crippen molar-refractivity contribution < 1.29 is 32.3 Å². The van der Waals surface area contributed by atoms with Crippen LogP contribution in [0.1, 0.15) is 42.0 Å². The van der Waals surface area contributed by atoms with Crippen LogP contribution in [0.15, 0.2) is 48.5 Å². The van der Waals surface area contributed by atoms with Crippen LogP contribution in [0.2, 0.25) is 0 Å². The molecule has 2 aromatic rings. The SMILES string of the molecule is Cc1cc(COC(=O)N2CCC(=O)N3[C@@H]2CN(Cc2ccccc2)C(=O)[C@@H]3CCN2CC2C)cc(C(F)(F)F)c1. The van der Waals surface area contributed by atoms with Crippen LogP contribution in [-0.4, -0.2) is 81.9 Å². The van der Waals surface area contributed by atoms with Gasteiger partial charge in [0.25, 0.3) is 0 Å². The molecule has 3 aliphatic heterocycles. The Bertz CT molecular complexity index is 1270. The number of amides is 3. The molecule has 3 aliphatic rings. The first-order valence-electron chi connectivity index (χ1n) is 13.5. The van der Waals surface area contributed by atoms with E-state index in [9.17, 15) is 27.6 Å². The number of fused-ring (bicyclic) bond motifs is 1. The highest BCUT2D eigenvalue weighted by atomic mass is 19.4. The van der Waals surface area contributed by atoms with Crippen LogP contribution in [0.25, 0.3) is 0 Å². The summed E-state index contributed by atoms with van der Waals surface area (Å²) in [5.74, 6) is -0.350. The lowest BCUT2D eigenvalue weighted by Crippen LogP contribution is -2.71. The first kappa shape index (κ1) is 27.9. The Kier molecular flexibility index (Phi) is 7.76. The number of hydrogen-bond acceptors (Lipinski definition) is 5. The lowest BCUT2D eigenvalue weighted by atomic mass is 10.0. The zero-order chi connectivity index (χ0) is 28.6. The molecule has 3 fully saturated rings. The second kappa shape index (κ2) is 11.1. The van der Waals surface area contributed by atoms with Gasteiger partial charge in [-0.2, -0.15) is 13.2 Å². The Labute approximate surface area is 231 Å². The summed E-state index contributed by atoms with van der Waals surface area (Å²) in [6.07, 6.45) is -5.49. The van der Waals surface area contributed by atoms with Crippen molar-refractivity contribution >= 4 is 17.9 Å². The largest absolute Gasteiger partial charge is 0.444 e. The van der Waals surface area contributed by atoms with Gasteiger partial charge in [0, 0.05) is 38.6 Å². The number of ether oxygens (including phenoxy) is 1. The molecule has 214 valence electrons. The van der Waals surface area contributed by atoms with E-state index in [0.29, 0.717) is 31.1 Å². The summed E-state index contributed by atoms with van der Waals surface area (Å²) in [4.78, 5) is 47.0. The van der Waals surface area contributed by atoms with Gasteiger partial charge in [-0.25, -0.2) is 4.79 Å². The number of carbonyl (C=O) groups excluding carboxylic acids is 3. The van der Waals surface area contributed by atoms with Crippen molar-refractivity contribution in [3.8, 4) is 0 Å². The first-order valence-corrected chi connectivity index (χ1v) is 13.5. The second-order valence-corrected chi connectivity index (χ2v) is 10.8. The third kappa shape index (κ3) is 6.09. The molecule has 40 heavy (non-hydrogen) atoms. The fraction of sp³-hybridized carbons (Fsp3) is 0.483. The van der Waals surface area contributed by atoms with Gasteiger partial charge < -0.3 is 14.5 Å². The van der Waals surface area contributed by atoms with Crippen molar-refractivity contribution in [1.82, 2.24) is 19.6 Å². The zero-order valence-electron chi connectivity index (χ0n) is 22.6. The number of halogens is 3. The number of carbonyl (C=O) groups is 3. The second-order valence-electron chi connectivity index (χ2n) is 10.8. The van der Waals surface area contributed by atoms with Crippen molar-refractivity contribution in [2.45, 2.75) is 64.3 Å². The first-order chi connectivity index (χ1) is 19.0. The molecule has 0 saturated carbocycles. The zero-order valence-corrected chi connectivity index (χ0v) is 22.6. The summed E-state index contributed by atoms with van der Waals surface area (Å²) in [6, 6.07) is 12.8. The summed E-state index contributed by atoms with van der Waals surface area (Å²) >= 11 is 0. The molecule has 0 radical (unpaired) electrons. The normalized spacial score (nSPS) is 24.7. The van der Waals surface area contributed by atoms with Crippen LogP contribution in [0.3, 0.4) is 0 Å². The van der Waals surface area contributed by atoms with Crippen molar-refractivity contribution in [1.29, 1.82) is 0 Å². The fourth-order valence-corrected chi connectivity index (χ4v) is 5.65. The molecule has 0 bridgehead atoms. The minimum Gasteiger partial charge on any atom is -0.444 e. The number of alkyl halides is 3. The van der Waals surface area contributed by atoms with E-state index in [1.165, 1.54) is 9.80 Å². The number of aryl methyl sites for hydroxylation is 1. The summed E-state index contributed by atoms with van der Waals surface area (Å²) in [6.45, 7) is 5.46. The number of piperazine rings is 1. The van der Waals surface area contributed by atoms with E-state index >= 15 is 0 Å². The third-order valence-corrected chi connectivity index (χ3v) is 7.81. The Morgan fingerprint density at radius 1 is 1.05 bits per heavy atom. The lowest BCUT2D eigenvalue weighted by Gasteiger charge is -2.52. The van der Waals surface area contributed by atoms with Gasteiger partial charge in [-0.1, -0.05) is 42.0 Å². The van der Waals surface area contributed by atoms with Crippen LogP contribution in [0, 0.1) is 6.92 Å². The Hall–Kier alpha value is -3.60. The molecule has 3 amide bonds. The molecule has 5 rings (SSSR count). The van der Waals surface area contributed by atoms with Gasteiger partial charge in [-0.3, -0.25) is 19.4 Å². The lowest BCUT2D eigenvalue weighted by molar-refractivity contribution is -0.169. The van der Waals surface area contributed by atoms with Crippen molar-refractivity contribution in [3.05, 3.63) is 70.8 Å². The topological polar surface area (TPSA) is 73.2 Å². The van der Waals surface area contributed by atoms with E-state index in [2.05, 4.69) is 11.8 Å². The minimum atomic E-state index is -4.51. The Balaban J connectivity index is 1.35. The fourth-order valence-electron chi connectivity index (χ4n) is 5.65. The van der Waals surface area contributed by atoms with E-state index in [1.807, 2.05) is 30.3 Å². The Morgan fingerprint density at radius 2 is 1.77 bits per heavy atom. The van der Waals surface area contributed by atoms with E-state index in [0.717, 1.165) is 24.2 Å². The van der Waals surface area contributed by atoms with E-state index in [1.54, 1.807) is 17.9 Å². The van der Waals surface area contributed by atoms with Crippen molar-refractivity contribution in [2.24, 2.45) is 0 Å². The standard InChI is InChI=1S/C29H33F3N4O4/c1-19-12-22(14-23(13-19)29(30,31)32)18-40-28(39)35-11-9-26(37)36-24(8-10-33-15-20(33)2)27(38)34(17-25(35)36)16-21-6-4-3-5-7-21/h3-7,12-14,20,24-25H,8-11,15-18H2,1-2H3/t20?,24-,25+,33?/m0/s1. The highest BCUT2D eigenvalue weighted by Gasteiger charge is 2.49. The molecule has 11 heteroatoms. The molecule has 0 aliphatic carbocycles. The van der Waals surface area contributed by atoms with E-state index in [-0.39, 0.29) is 43.5 Å². The van der Waals surface area contributed by atoms with E-state index in [4.69, 9.17) is 4.74 Å². The van der Waals surface area contributed by atoms with Gasteiger partial charge in [-0.05, 0) is 43.5 Å².